The van der Waals surface area contributed by atoms with E-state index in [9.17, 15) is 0 Å². The van der Waals surface area contributed by atoms with Crippen LogP contribution in [0.1, 0.15) is 30.9 Å². The first-order valence-corrected chi connectivity index (χ1v) is 7.57. The van der Waals surface area contributed by atoms with Crippen LogP contribution in [0.5, 0.6) is 5.75 Å². The number of ether oxygens (including phenoxy) is 1. The molecule has 1 fully saturated rings. The van der Waals surface area contributed by atoms with E-state index in [4.69, 9.17) is 10.00 Å². The Morgan fingerprint density at radius 1 is 1.53 bits per heavy atom. The van der Waals surface area contributed by atoms with Crippen molar-refractivity contribution in [3.05, 3.63) is 29.3 Å². The van der Waals surface area contributed by atoms with Gasteiger partial charge in [0.05, 0.1) is 18.7 Å². The van der Waals surface area contributed by atoms with Gasteiger partial charge in [0.15, 0.2) is 0 Å². The summed E-state index contributed by atoms with van der Waals surface area (Å²) in [4.78, 5) is 0. The first kappa shape index (κ1) is 14.2. The van der Waals surface area contributed by atoms with Crippen molar-refractivity contribution < 1.29 is 4.74 Å². The number of nitrogens with one attached hydrogen (secondary N) is 1. The molecular weight excluding hydrogens is 256 g/mol. The molecule has 1 unspecified atom stereocenters. The van der Waals surface area contributed by atoms with Crippen LogP contribution in [-0.2, 0) is 6.54 Å². The van der Waals surface area contributed by atoms with Gasteiger partial charge in [-0.05, 0) is 43.7 Å². The van der Waals surface area contributed by atoms with Crippen LogP contribution in [0.25, 0.3) is 0 Å². The zero-order chi connectivity index (χ0) is 13.7. The first-order valence-electron chi connectivity index (χ1n) is 6.58. The molecule has 0 saturated carbocycles. The minimum Gasteiger partial charge on any atom is -0.496 e. The van der Waals surface area contributed by atoms with Crippen molar-refractivity contribution in [3.8, 4) is 11.8 Å². The highest BCUT2D eigenvalue weighted by molar-refractivity contribution is 8.00. The third-order valence-electron chi connectivity index (χ3n) is 3.52. The summed E-state index contributed by atoms with van der Waals surface area (Å²) in [5.41, 5.74) is 1.73. The molecule has 1 saturated heterocycles. The van der Waals surface area contributed by atoms with E-state index in [0.29, 0.717) is 10.3 Å². The summed E-state index contributed by atoms with van der Waals surface area (Å²) >= 11 is 2.05. The van der Waals surface area contributed by atoms with E-state index in [1.54, 1.807) is 13.2 Å². The summed E-state index contributed by atoms with van der Waals surface area (Å²) < 4.78 is 5.70. The summed E-state index contributed by atoms with van der Waals surface area (Å²) in [6, 6.07) is 7.72. The monoisotopic (exact) mass is 276 g/mol. The zero-order valence-corrected chi connectivity index (χ0v) is 12.3. The predicted molar refractivity (Wildman–Crippen MR) is 79.5 cm³/mol. The highest BCUT2D eigenvalue weighted by atomic mass is 32.2. The lowest BCUT2D eigenvalue weighted by Crippen LogP contribution is -2.32. The first-order chi connectivity index (χ1) is 9.17. The fourth-order valence-electron chi connectivity index (χ4n) is 2.42. The predicted octanol–water partition coefficient (Wildman–Crippen LogP) is 2.94. The van der Waals surface area contributed by atoms with Crippen LogP contribution in [0.15, 0.2) is 18.2 Å². The third kappa shape index (κ3) is 3.65. The van der Waals surface area contributed by atoms with Gasteiger partial charge in [0.25, 0.3) is 0 Å². The van der Waals surface area contributed by atoms with Crippen molar-refractivity contribution in [2.75, 3.05) is 19.4 Å². The molecule has 0 aliphatic carbocycles. The fraction of sp³-hybridized carbons (Fsp3) is 0.533. The maximum Gasteiger partial charge on any atom is 0.123 e. The summed E-state index contributed by atoms with van der Waals surface area (Å²) in [6.45, 7) is 4.06. The highest BCUT2D eigenvalue weighted by Gasteiger charge is 2.28. The Labute approximate surface area is 119 Å². The molecule has 0 spiro atoms. The normalized spacial score (nSPS) is 22.2. The lowest BCUT2D eigenvalue weighted by molar-refractivity contribution is 0.406. The SMILES string of the molecule is COc1ccc(C#N)cc1CNCC1(C)CCCS1. The van der Waals surface area contributed by atoms with Crippen molar-refractivity contribution in [3.63, 3.8) is 0 Å². The molecule has 1 N–H and O–H groups in total. The van der Waals surface area contributed by atoms with Crippen LogP contribution in [0.2, 0.25) is 0 Å². The van der Waals surface area contributed by atoms with Crippen LogP contribution < -0.4 is 10.1 Å². The minimum absolute atomic E-state index is 0.361. The van der Waals surface area contributed by atoms with Gasteiger partial charge >= 0.3 is 0 Å². The van der Waals surface area contributed by atoms with Gasteiger partial charge < -0.3 is 10.1 Å². The van der Waals surface area contributed by atoms with Gasteiger partial charge in [0.1, 0.15) is 5.75 Å². The van der Waals surface area contributed by atoms with Gasteiger partial charge in [0, 0.05) is 23.4 Å². The number of nitriles is 1. The van der Waals surface area contributed by atoms with Gasteiger partial charge in [-0.2, -0.15) is 17.0 Å². The fourth-order valence-corrected chi connectivity index (χ4v) is 3.70. The summed E-state index contributed by atoms with van der Waals surface area (Å²) in [5.74, 6) is 2.11. The van der Waals surface area contributed by atoms with Gasteiger partial charge in [-0.1, -0.05) is 0 Å². The van der Waals surface area contributed by atoms with E-state index in [-0.39, 0.29) is 0 Å². The Balaban J connectivity index is 1.96. The molecule has 1 aliphatic heterocycles. The van der Waals surface area contributed by atoms with Crippen molar-refractivity contribution in [2.24, 2.45) is 0 Å². The average Bonchev–Trinajstić information content (AvgIpc) is 2.85. The largest absolute Gasteiger partial charge is 0.496 e. The second-order valence-electron chi connectivity index (χ2n) is 5.14. The highest BCUT2D eigenvalue weighted by Crippen LogP contribution is 2.37. The molecule has 0 bridgehead atoms. The Morgan fingerprint density at radius 3 is 3.00 bits per heavy atom. The van der Waals surface area contributed by atoms with E-state index in [0.717, 1.165) is 24.4 Å². The minimum atomic E-state index is 0.361. The molecule has 0 amide bonds. The smallest absolute Gasteiger partial charge is 0.123 e. The van der Waals surface area contributed by atoms with Crippen LogP contribution in [0, 0.1) is 11.3 Å². The summed E-state index contributed by atoms with van der Waals surface area (Å²) in [6.07, 6.45) is 2.59. The Morgan fingerprint density at radius 2 is 2.37 bits per heavy atom. The van der Waals surface area contributed by atoms with E-state index >= 15 is 0 Å². The molecule has 0 radical (unpaired) electrons. The Kier molecular flexibility index (Phi) is 4.73. The van der Waals surface area contributed by atoms with Crippen LogP contribution >= 0.6 is 11.8 Å². The molecule has 102 valence electrons. The van der Waals surface area contributed by atoms with E-state index in [2.05, 4.69) is 30.1 Å². The number of hydrogen-bond acceptors (Lipinski definition) is 4. The molecule has 1 atom stereocenters. The van der Waals surface area contributed by atoms with Gasteiger partial charge in [-0.3, -0.25) is 0 Å². The van der Waals surface area contributed by atoms with Crippen LogP contribution in [-0.4, -0.2) is 24.2 Å². The van der Waals surface area contributed by atoms with Crippen molar-refractivity contribution in [2.45, 2.75) is 31.1 Å². The molecule has 2 rings (SSSR count). The molecule has 1 aliphatic rings. The Hall–Kier alpha value is -1.18. The molecule has 1 aromatic carbocycles. The van der Waals surface area contributed by atoms with Crippen molar-refractivity contribution >= 4 is 11.8 Å². The standard InChI is InChI=1S/C15H20N2OS/c1-15(6-3-7-19-15)11-17-10-13-8-12(9-16)4-5-14(13)18-2/h4-5,8,17H,3,6-7,10-11H2,1-2H3. The van der Waals surface area contributed by atoms with E-state index in [1.165, 1.54) is 18.6 Å². The molecule has 1 aromatic rings. The number of rotatable bonds is 5. The van der Waals surface area contributed by atoms with E-state index < -0.39 is 0 Å². The lowest BCUT2D eigenvalue weighted by atomic mass is 10.1. The Bertz CT molecular complexity index is 476. The van der Waals surface area contributed by atoms with Crippen LogP contribution in [0.3, 0.4) is 0 Å². The van der Waals surface area contributed by atoms with Crippen molar-refractivity contribution in [1.29, 1.82) is 5.26 Å². The second-order valence-corrected chi connectivity index (χ2v) is 6.83. The molecule has 1 heterocycles. The maximum absolute atomic E-state index is 8.95. The van der Waals surface area contributed by atoms with Gasteiger partial charge in [0.2, 0.25) is 0 Å². The van der Waals surface area contributed by atoms with E-state index in [1.807, 2.05) is 12.1 Å². The number of methoxy groups -OCH3 is 1. The zero-order valence-electron chi connectivity index (χ0n) is 11.5. The van der Waals surface area contributed by atoms with Crippen LogP contribution in [0.4, 0.5) is 0 Å². The summed E-state index contributed by atoms with van der Waals surface area (Å²) in [5, 5.41) is 12.5. The maximum atomic E-state index is 8.95. The number of nitrogens with zero attached hydrogens (tertiary/aromatic N) is 1. The number of thioether (sulfide) groups is 1. The quantitative estimate of drug-likeness (QED) is 0.898. The van der Waals surface area contributed by atoms with Crippen molar-refractivity contribution in [1.82, 2.24) is 5.32 Å². The lowest BCUT2D eigenvalue weighted by Gasteiger charge is -2.23. The molecule has 0 aromatic heterocycles. The third-order valence-corrected chi connectivity index (χ3v) is 5.06. The number of benzene rings is 1. The molecule has 4 heteroatoms. The molecule has 19 heavy (non-hydrogen) atoms. The molecule has 3 nitrogen and oxygen atoms in total. The summed E-state index contributed by atoms with van der Waals surface area (Å²) in [7, 11) is 1.67. The second kappa shape index (κ2) is 6.31. The van der Waals surface area contributed by atoms with Gasteiger partial charge in [-0.15, -0.1) is 0 Å². The van der Waals surface area contributed by atoms with Gasteiger partial charge in [-0.25, -0.2) is 0 Å². The molecular formula is C15H20N2OS. The number of hydrogen-bond donors (Lipinski definition) is 1. The average molecular weight is 276 g/mol. The topological polar surface area (TPSA) is 45.0 Å².